The maximum atomic E-state index is 14.2. The van der Waals surface area contributed by atoms with Crippen molar-refractivity contribution in [2.24, 2.45) is 0 Å². The van der Waals surface area contributed by atoms with Crippen LogP contribution >= 0.6 is 0 Å². The zero-order valence-electron chi connectivity index (χ0n) is 12.2. The van der Waals surface area contributed by atoms with E-state index < -0.39 is 11.6 Å². The Balaban J connectivity index is 2.40. The summed E-state index contributed by atoms with van der Waals surface area (Å²) in [5, 5.41) is 3.06. The van der Waals surface area contributed by atoms with Crippen LogP contribution in [-0.2, 0) is 4.74 Å². The van der Waals surface area contributed by atoms with Gasteiger partial charge in [0.15, 0.2) is 11.6 Å². The molecule has 1 aliphatic heterocycles. The fourth-order valence-electron chi connectivity index (χ4n) is 2.83. The molecule has 1 saturated heterocycles. The van der Waals surface area contributed by atoms with Crippen LogP contribution in [0.15, 0.2) is 18.2 Å². The van der Waals surface area contributed by atoms with Crippen LogP contribution in [0.1, 0.15) is 25.5 Å². The van der Waals surface area contributed by atoms with Crippen molar-refractivity contribution in [2.75, 3.05) is 26.7 Å². The van der Waals surface area contributed by atoms with Gasteiger partial charge in [-0.25, -0.2) is 8.78 Å². The Kier molecular flexibility index (Phi) is 5.07. The number of hydrogen-bond acceptors (Lipinski definition) is 3. The van der Waals surface area contributed by atoms with Crippen molar-refractivity contribution < 1.29 is 13.5 Å². The highest BCUT2D eigenvalue weighted by molar-refractivity contribution is 5.24. The minimum absolute atomic E-state index is 0.188. The number of nitrogens with zero attached hydrogens (tertiary/aromatic N) is 1. The molecule has 1 fully saturated rings. The van der Waals surface area contributed by atoms with Crippen molar-refractivity contribution in [1.29, 1.82) is 0 Å². The molecule has 0 saturated carbocycles. The zero-order chi connectivity index (χ0) is 14.7. The molecule has 1 N–H and O–H groups in total. The first kappa shape index (κ1) is 15.4. The molecule has 0 spiro atoms. The second-order valence-corrected chi connectivity index (χ2v) is 5.39. The molecule has 20 heavy (non-hydrogen) atoms. The third kappa shape index (κ3) is 3.00. The summed E-state index contributed by atoms with van der Waals surface area (Å²) in [4.78, 5) is 2.17. The third-order valence-corrected chi connectivity index (χ3v) is 3.76. The van der Waals surface area contributed by atoms with Crippen molar-refractivity contribution in [3.05, 3.63) is 35.4 Å². The predicted molar refractivity (Wildman–Crippen MR) is 74.6 cm³/mol. The van der Waals surface area contributed by atoms with Gasteiger partial charge >= 0.3 is 0 Å². The highest BCUT2D eigenvalue weighted by atomic mass is 19.2. The second kappa shape index (κ2) is 6.61. The largest absolute Gasteiger partial charge is 0.374 e. The average molecular weight is 284 g/mol. The highest BCUT2D eigenvalue weighted by Gasteiger charge is 2.36. The van der Waals surface area contributed by atoms with E-state index in [4.69, 9.17) is 4.74 Å². The molecule has 3 nitrogen and oxygen atoms in total. The molecule has 2 unspecified atom stereocenters. The Hall–Kier alpha value is -1.04. The summed E-state index contributed by atoms with van der Waals surface area (Å²) < 4.78 is 33.5. The molecule has 5 heteroatoms. The average Bonchev–Trinajstić information content (AvgIpc) is 2.42. The minimum atomic E-state index is -0.806. The molecule has 0 amide bonds. The Labute approximate surface area is 118 Å². The van der Waals surface area contributed by atoms with Crippen LogP contribution in [0, 0.1) is 11.6 Å². The summed E-state index contributed by atoms with van der Waals surface area (Å²) in [5.41, 5.74) is 0.374. The van der Waals surface area contributed by atoms with E-state index in [1.54, 1.807) is 12.1 Å². The summed E-state index contributed by atoms with van der Waals surface area (Å²) in [6.45, 7) is 6.05. The topological polar surface area (TPSA) is 24.5 Å². The SMILES string of the molecule is CNCC1OCCN(C(C)C)C1c1cccc(F)c1F. The van der Waals surface area contributed by atoms with Crippen LogP contribution in [-0.4, -0.2) is 43.8 Å². The summed E-state index contributed by atoms with van der Waals surface area (Å²) in [5.74, 6) is -1.57. The Bertz CT molecular complexity index is 451. The summed E-state index contributed by atoms with van der Waals surface area (Å²) in [6, 6.07) is 4.32. The van der Waals surface area contributed by atoms with Gasteiger partial charge in [0.2, 0.25) is 0 Å². The van der Waals surface area contributed by atoms with Gasteiger partial charge < -0.3 is 10.1 Å². The van der Waals surface area contributed by atoms with E-state index in [0.29, 0.717) is 18.7 Å². The molecule has 1 aromatic rings. The number of morpholine rings is 1. The summed E-state index contributed by atoms with van der Waals surface area (Å²) in [7, 11) is 1.83. The van der Waals surface area contributed by atoms with Crippen molar-refractivity contribution in [1.82, 2.24) is 10.2 Å². The van der Waals surface area contributed by atoms with Crippen LogP contribution in [0.25, 0.3) is 0 Å². The third-order valence-electron chi connectivity index (χ3n) is 3.76. The summed E-state index contributed by atoms with van der Waals surface area (Å²) in [6.07, 6.45) is -0.188. The molecule has 112 valence electrons. The lowest BCUT2D eigenvalue weighted by Crippen LogP contribution is -2.51. The monoisotopic (exact) mass is 284 g/mol. The first-order valence-electron chi connectivity index (χ1n) is 7.02. The maximum Gasteiger partial charge on any atom is 0.163 e. The van der Waals surface area contributed by atoms with Gasteiger partial charge in [-0.1, -0.05) is 12.1 Å². The molecule has 0 radical (unpaired) electrons. The second-order valence-electron chi connectivity index (χ2n) is 5.39. The molecule has 1 aliphatic rings. The molecule has 2 atom stereocenters. The number of nitrogens with one attached hydrogen (secondary N) is 1. The van der Waals surface area contributed by atoms with E-state index in [2.05, 4.69) is 24.1 Å². The molecular weight excluding hydrogens is 262 g/mol. The van der Waals surface area contributed by atoms with Gasteiger partial charge in [0.1, 0.15) is 0 Å². The number of rotatable bonds is 4. The number of ether oxygens (including phenoxy) is 1. The van der Waals surface area contributed by atoms with E-state index >= 15 is 0 Å². The maximum absolute atomic E-state index is 14.2. The van der Waals surface area contributed by atoms with Gasteiger partial charge in [0.05, 0.1) is 18.8 Å². The van der Waals surface area contributed by atoms with Gasteiger partial charge in [-0.05, 0) is 27.0 Å². The van der Waals surface area contributed by atoms with Gasteiger partial charge in [0.25, 0.3) is 0 Å². The van der Waals surface area contributed by atoms with Gasteiger partial charge in [-0.2, -0.15) is 0 Å². The summed E-state index contributed by atoms with van der Waals surface area (Å²) >= 11 is 0. The van der Waals surface area contributed by atoms with Gasteiger partial charge in [-0.15, -0.1) is 0 Å². The molecule has 0 aliphatic carbocycles. The lowest BCUT2D eigenvalue weighted by Gasteiger charge is -2.43. The normalized spacial score (nSPS) is 24.3. The molecule has 1 aromatic carbocycles. The number of likely N-dealkylation sites (N-methyl/N-ethyl adjacent to an activating group) is 1. The smallest absolute Gasteiger partial charge is 0.163 e. The Morgan fingerprint density at radius 1 is 1.40 bits per heavy atom. The van der Waals surface area contributed by atoms with E-state index in [1.165, 1.54) is 0 Å². The lowest BCUT2D eigenvalue weighted by atomic mass is 9.96. The van der Waals surface area contributed by atoms with E-state index in [-0.39, 0.29) is 18.2 Å². The van der Waals surface area contributed by atoms with Crippen molar-refractivity contribution >= 4 is 0 Å². The number of benzene rings is 1. The molecule has 1 heterocycles. The number of hydrogen-bond donors (Lipinski definition) is 1. The first-order chi connectivity index (χ1) is 9.56. The lowest BCUT2D eigenvalue weighted by molar-refractivity contribution is -0.0826. The first-order valence-corrected chi connectivity index (χ1v) is 7.02. The fourth-order valence-corrected chi connectivity index (χ4v) is 2.83. The predicted octanol–water partition coefficient (Wildman–Crippen LogP) is 2.33. The molecular formula is C15H22F2N2O. The Morgan fingerprint density at radius 3 is 2.80 bits per heavy atom. The van der Waals surface area contributed by atoms with Crippen LogP contribution < -0.4 is 5.32 Å². The fraction of sp³-hybridized carbons (Fsp3) is 0.600. The Morgan fingerprint density at radius 2 is 2.15 bits per heavy atom. The van der Waals surface area contributed by atoms with Crippen molar-refractivity contribution in [3.8, 4) is 0 Å². The molecule has 0 aromatic heterocycles. The number of halogens is 2. The van der Waals surface area contributed by atoms with Crippen LogP contribution in [0.3, 0.4) is 0 Å². The van der Waals surface area contributed by atoms with Crippen molar-refractivity contribution in [2.45, 2.75) is 32.0 Å². The van der Waals surface area contributed by atoms with Gasteiger partial charge in [-0.3, -0.25) is 4.90 Å². The van der Waals surface area contributed by atoms with E-state index in [0.717, 1.165) is 12.6 Å². The van der Waals surface area contributed by atoms with Crippen LogP contribution in [0.5, 0.6) is 0 Å². The quantitative estimate of drug-likeness (QED) is 0.918. The van der Waals surface area contributed by atoms with Gasteiger partial charge in [0, 0.05) is 24.7 Å². The van der Waals surface area contributed by atoms with Crippen LogP contribution in [0.4, 0.5) is 8.78 Å². The van der Waals surface area contributed by atoms with Crippen molar-refractivity contribution in [3.63, 3.8) is 0 Å². The minimum Gasteiger partial charge on any atom is -0.374 e. The standard InChI is InChI=1S/C15H22F2N2O/c1-10(2)19-7-8-20-13(9-18-3)15(19)11-5-4-6-12(16)14(11)17/h4-6,10,13,15,18H,7-9H2,1-3H3. The highest BCUT2D eigenvalue weighted by Crippen LogP contribution is 2.33. The van der Waals surface area contributed by atoms with E-state index in [1.807, 2.05) is 7.05 Å². The van der Waals surface area contributed by atoms with E-state index in [9.17, 15) is 8.78 Å². The zero-order valence-corrected chi connectivity index (χ0v) is 12.2. The molecule has 2 rings (SSSR count). The molecule has 0 bridgehead atoms. The van der Waals surface area contributed by atoms with Crippen LogP contribution in [0.2, 0.25) is 0 Å².